The summed E-state index contributed by atoms with van der Waals surface area (Å²) in [6, 6.07) is 4.06. The Bertz CT molecular complexity index is 684. The maximum absolute atomic E-state index is 5.43. The third kappa shape index (κ3) is 3.59. The molecule has 0 aliphatic carbocycles. The summed E-state index contributed by atoms with van der Waals surface area (Å²) in [7, 11) is 1.65. The van der Waals surface area contributed by atoms with E-state index in [1.54, 1.807) is 13.4 Å². The van der Waals surface area contributed by atoms with Gasteiger partial charge in [-0.1, -0.05) is 0 Å². The lowest BCUT2D eigenvalue weighted by molar-refractivity contribution is 0.193. The van der Waals surface area contributed by atoms with Crippen molar-refractivity contribution >= 4 is 5.82 Å². The van der Waals surface area contributed by atoms with E-state index in [0.29, 0.717) is 18.3 Å². The van der Waals surface area contributed by atoms with Gasteiger partial charge in [0.1, 0.15) is 12.1 Å². The van der Waals surface area contributed by atoms with Crippen LogP contribution >= 0.6 is 0 Å². The minimum atomic E-state index is 0.371. The minimum absolute atomic E-state index is 0.371. The molecule has 1 fully saturated rings. The molecule has 1 unspecified atom stereocenters. The summed E-state index contributed by atoms with van der Waals surface area (Å²) in [5.74, 6) is 1.84. The number of hydrogen-bond donors (Lipinski definition) is 1. The lowest BCUT2D eigenvalue weighted by atomic mass is 10.0. The van der Waals surface area contributed by atoms with Crippen LogP contribution in [0.1, 0.15) is 34.9 Å². The Morgan fingerprint density at radius 2 is 2.17 bits per heavy atom. The zero-order valence-corrected chi connectivity index (χ0v) is 13.8. The van der Waals surface area contributed by atoms with Gasteiger partial charge in [-0.3, -0.25) is 0 Å². The Labute approximate surface area is 136 Å². The fourth-order valence-corrected chi connectivity index (χ4v) is 2.85. The highest BCUT2D eigenvalue weighted by Crippen LogP contribution is 2.25. The van der Waals surface area contributed by atoms with Crippen molar-refractivity contribution in [1.82, 2.24) is 15.0 Å². The van der Waals surface area contributed by atoms with Crippen LogP contribution in [0.15, 0.2) is 18.5 Å². The van der Waals surface area contributed by atoms with Crippen molar-refractivity contribution in [3.63, 3.8) is 0 Å². The van der Waals surface area contributed by atoms with Crippen molar-refractivity contribution in [2.75, 3.05) is 25.6 Å². The van der Waals surface area contributed by atoms with Crippen LogP contribution in [-0.4, -0.2) is 35.3 Å². The van der Waals surface area contributed by atoms with Crippen LogP contribution in [0.3, 0.4) is 0 Å². The average molecular weight is 314 g/mol. The number of aryl methyl sites for hydroxylation is 2. The van der Waals surface area contributed by atoms with E-state index in [1.807, 2.05) is 13.0 Å². The van der Waals surface area contributed by atoms with Gasteiger partial charge in [-0.05, 0) is 31.9 Å². The summed E-state index contributed by atoms with van der Waals surface area (Å²) >= 11 is 0. The predicted molar refractivity (Wildman–Crippen MR) is 87.8 cm³/mol. The number of rotatable bonds is 5. The number of pyridine rings is 1. The molecule has 3 rings (SSSR count). The van der Waals surface area contributed by atoms with Gasteiger partial charge >= 0.3 is 0 Å². The second-order valence-corrected chi connectivity index (χ2v) is 5.81. The van der Waals surface area contributed by atoms with Crippen LogP contribution < -0.4 is 10.1 Å². The summed E-state index contributed by atoms with van der Waals surface area (Å²) in [5.41, 5.74) is 4.18. The molecule has 122 valence electrons. The predicted octanol–water partition coefficient (Wildman–Crippen LogP) is 2.61. The molecule has 1 aliphatic rings. The van der Waals surface area contributed by atoms with Crippen molar-refractivity contribution in [2.24, 2.45) is 0 Å². The lowest BCUT2D eigenvalue weighted by Gasteiger charge is -2.14. The fourth-order valence-electron chi connectivity index (χ4n) is 2.85. The van der Waals surface area contributed by atoms with Gasteiger partial charge in [-0.25, -0.2) is 15.0 Å². The zero-order chi connectivity index (χ0) is 16.2. The molecule has 0 amide bonds. The van der Waals surface area contributed by atoms with Crippen LogP contribution in [0.25, 0.3) is 0 Å². The van der Waals surface area contributed by atoms with Gasteiger partial charge in [0.15, 0.2) is 0 Å². The molecule has 0 aromatic carbocycles. The van der Waals surface area contributed by atoms with Crippen molar-refractivity contribution in [3.05, 3.63) is 41.0 Å². The van der Waals surface area contributed by atoms with Crippen molar-refractivity contribution < 1.29 is 9.47 Å². The Balaban J connectivity index is 1.75. The Hall–Kier alpha value is -2.21. The molecule has 1 saturated heterocycles. The smallest absolute Gasteiger partial charge is 0.218 e. The van der Waals surface area contributed by atoms with Gasteiger partial charge in [0.05, 0.1) is 19.4 Å². The largest absolute Gasteiger partial charge is 0.481 e. The Morgan fingerprint density at radius 3 is 2.91 bits per heavy atom. The normalized spacial score (nSPS) is 17.3. The van der Waals surface area contributed by atoms with Gasteiger partial charge in [0.25, 0.3) is 0 Å². The zero-order valence-electron chi connectivity index (χ0n) is 13.8. The van der Waals surface area contributed by atoms with E-state index in [0.717, 1.165) is 48.0 Å². The van der Waals surface area contributed by atoms with Crippen molar-refractivity contribution in [2.45, 2.75) is 32.7 Å². The van der Waals surface area contributed by atoms with Crippen molar-refractivity contribution in [3.8, 4) is 5.88 Å². The fraction of sp³-hybridized carbons (Fsp3) is 0.471. The first-order valence-electron chi connectivity index (χ1n) is 7.82. The number of nitrogens with zero attached hydrogens (tertiary/aromatic N) is 3. The number of nitrogens with one attached hydrogen (secondary N) is 1. The van der Waals surface area contributed by atoms with E-state index >= 15 is 0 Å². The summed E-state index contributed by atoms with van der Waals surface area (Å²) < 4.78 is 10.8. The molecule has 2 aromatic heterocycles. The first kappa shape index (κ1) is 15.7. The van der Waals surface area contributed by atoms with Crippen LogP contribution in [0.4, 0.5) is 5.82 Å². The average Bonchev–Trinajstić information content (AvgIpc) is 3.08. The molecule has 23 heavy (non-hydrogen) atoms. The SMILES string of the molecule is COc1nc(C)cc(C)c1CNc1cc(C2CCOC2)ncn1. The number of ether oxygens (including phenoxy) is 2. The van der Waals surface area contributed by atoms with Gasteiger partial charge < -0.3 is 14.8 Å². The first-order chi connectivity index (χ1) is 11.2. The second-order valence-electron chi connectivity index (χ2n) is 5.81. The van der Waals surface area contributed by atoms with Gasteiger partial charge in [0, 0.05) is 36.4 Å². The molecule has 6 nitrogen and oxygen atoms in total. The second kappa shape index (κ2) is 6.91. The van der Waals surface area contributed by atoms with E-state index in [2.05, 4.69) is 33.3 Å². The van der Waals surface area contributed by atoms with E-state index < -0.39 is 0 Å². The highest BCUT2D eigenvalue weighted by atomic mass is 16.5. The highest BCUT2D eigenvalue weighted by molar-refractivity contribution is 5.42. The molecule has 1 aliphatic heterocycles. The van der Waals surface area contributed by atoms with Gasteiger partial charge in [0.2, 0.25) is 5.88 Å². The molecular weight excluding hydrogens is 292 g/mol. The summed E-state index contributed by atoms with van der Waals surface area (Å²) in [6.07, 6.45) is 2.62. The molecule has 0 saturated carbocycles. The molecule has 1 atom stereocenters. The van der Waals surface area contributed by atoms with E-state index in [1.165, 1.54) is 0 Å². The Kier molecular flexibility index (Phi) is 4.71. The molecule has 3 heterocycles. The molecule has 6 heteroatoms. The third-order valence-electron chi connectivity index (χ3n) is 4.11. The highest BCUT2D eigenvalue weighted by Gasteiger charge is 2.19. The summed E-state index contributed by atoms with van der Waals surface area (Å²) in [5, 5.41) is 3.35. The molecule has 0 spiro atoms. The van der Waals surface area contributed by atoms with Gasteiger partial charge in [-0.15, -0.1) is 0 Å². The Morgan fingerprint density at radius 1 is 1.30 bits per heavy atom. The monoisotopic (exact) mass is 314 g/mol. The number of methoxy groups -OCH3 is 1. The minimum Gasteiger partial charge on any atom is -0.481 e. The van der Waals surface area contributed by atoms with E-state index in [-0.39, 0.29) is 0 Å². The van der Waals surface area contributed by atoms with Crippen LogP contribution in [0, 0.1) is 13.8 Å². The summed E-state index contributed by atoms with van der Waals surface area (Å²) in [4.78, 5) is 13.1. The number of anilines is 1. The first-order valence-corrected chi connectivity index (χ1v) is 7.82. The molecule has 0 radical (unpaired) electrons. The maximum Gasteiger partial charge on any atom is 0.218 e. The molecule has 0 bridgehead atoms. The number of hydrogen-bond acceptors (Lipinski definition) is 6. The van der Waals surface area contributed by atoms with Gasteiger partial charge in [-0.2, -0.15) is 0 Å². The molecule has 2 aromatic rings. The van der Waals surface area contributed by atoms with E-state index in [4.69, 9.17) is 9.47 Å². The third-order valence-corrected chi connectivity index (χ3v) is 4.11. The van der Waals surface area contributed by atoms with Crippen LogP contribution in [0.5, 0.6) is 5.88 Å². The maximum atomic E-state index is 5.43. The quantitative estimate of drug-likeness (QED) is 0.915. The van der Waals surface area contributed by atoms with Crippen LogP contribution in [0.2, 0.25) is 0 Å². The molecule has 1 N–H and O–H groups in total. The summed E-state index contributed by atoms with van der Waals surface area (Å²) in [6.45, 7) is 6.19. The van der Waals surface area contributed by atoms with E-state index in [9.17, 15) is 0 Å². The molecular formula is C17H22N4O2. The number of aromatic nitrogens is 3. The lowest BCUT2D eigenvalue weighted by Crippen LogP contribution is -2.08. The van der Waals surface area contributed by atoms with Crippen molar-refractivity contribution in [1.29, 1.82) is 0 Å². The standard InChI is InChI=1S/C17H22N4O2/c1-11-6-12(2)21-17(22-3)14(11)8-18-16-7-15(19-10-20-16)13-4-5-23-9-13/h6-7,10,13H,4-5,8-9H2,1-3H3,(H,18,19,20). The topological polar surface area (TPSA) is 69.2 Å². The van der Waals surface area contributed by atoms with Crippen LogP contribution in [-0.2, 0) is 11.3 Å².